The number of aromatic nitrogens is 2. The maximum absolute atomic E-state index is 5.74. The molecule has 0 saturated carbocycles. The van der Waals surface area contributed by atoms with E-state index in [1.807, 2.05) is 18.7 Å². The van der Waals surface area contributed by atoms with Crippen molar-refractivity contribution in [1.82, 2.24) is 14.9 Å². The minimum absolute atomic E-state index is 0.809. The smallest absolute Gasteiger partial charge is 0.127 e. The van der Waals surface area contributed by atoms with E-state index >= 15 is 0 Å². The number of halogens is 1. The molecule has 21 heavy (non-hydrogen) atoms. The zero-order valence-corrected chi connectivity index (χ0v) is 13.6. The maximum Gasteiger partial charge on any atom is 0.127 e. The first-order chi connectivity index (χ1) is 10.3. The molecule has 2 heterocycles. The topological polar surface area (TPSA) is 39.1 Å². The summed E-state index contributed by atoms with van der Waals surface area (Å²) >= 11 is 3.58. The Kier molecular flexibility index (Phi) is 4.93. The van der Waals surface area contributed by atoms with Gasteiger partial charge in [-0.2, -0.15) is 0 Å². The molecular formula is C16H20BrN3O. The molecule has 4 nitrogen and oxygen atoms in total. The van der Waals surface area contributed by atoms with Gasteiger partial charge in [-0.15, -0.1) is 0 Å². The number of nitrogens with one attached hydrogen (secondary N) is 1. The molecule has 0 radical (unpaired) electrons. The van der Waals surface area contributed by atoms with E-state index in [0.717, 1.165) is 55.7 Å². The van der Waals surface area contributed by atoms with Crippen molar-refractivity contribution in [3.8, 4) is 5.75 Å². The number of unbranched alkanes of at least 4 members (excludes halogenated alkanes) is 1. The van der Waals surface area contributed by atoms with Crippen LogP contribution in [0.4, 0.5) is 0 Å². The zero-order valence-electron chi connectivity index (χ0n) is 12.0. The van der Waals surface area contributed by atoms with Gasteiger partial charge in [0, 0.05) is 41.9 Å². The van der Waals surface area contributed by atoms with Crippen molar-refractivity contribution in [2.24, 2.45) is 0 Å². The highest BCUT2D eigenvalue weighted by Crippen LogP contribution is 2.32. The van der Waals surface area contributed by atoms with E-state index in [4.69, 9.17) is 4.74 Å². The summed E-state index contributed by atoms with van der Waals surface area (Å²) in [6.45, 7) is 3.74. The van der Waals surface area contributed by atoms with Gasteiger partial charge in [0.25, 0.3) is 0 Å². The van der Waals surface area contributed by atoms with Gasteiger partial charge < -0.3 is 14.6 Å². The predicted molar refractivity (Wildman–Crippen MR) is 86.5 cm³/mol. The van der Waals surface area contributed by atoms with Crippen molar-refractivity contribution in [3.63, 3.8) is 0 Å². The Morgan fingerprint density at radius 2 is 2.29 bits per heavy atom. The summed E-state index contributed by atoms with van der Waals surface area (Å²) in [5, 5.41) is 3.51. The molecule has 0 bridgehead atoms. The van der Waals surface area contributed by atoms with Gasteiger partial charge in [-0.25, -0.2) is 4.98 Å². The molecule has 0 amide bonds. The average molecular weight is 350 g/mol. The van der Waals surface area contributed by atoms with Gasteiger partial charge in [-0.3, -0.25) is 0 Å². The van der Waals surface area contributed by atoms with Crippen LogP contribution < -0.4 is 10.1 Å². The Balaban J connectivity index is 1.41. The summed E-state index contributed by atoms with van der Waals surface area (Å²) in [6, 6.07) is 4.32. The second kappa shape index (κ2) is 7.09. The third kappa shape index (κ3) is 3.86. The van der Waals surface area contributed by atoms with Crippen LogP contribution in [-0.4, -0.2) is 22.7 Å². The number of ether oxygens (including phenoxy) is 1. The van der Waals surface area contributed by atoms with Crippen LogP contribution in [0.2, 0.25) is 0 Å². The summed E-state index contributed by atoms with van der Waals surface area (Å²) in [5.41, 5.74) is 2.58. The minimum Gasteiger partial charge on any atom is -0.493 e. The largest absolute Gasteiger partial charge is 0.493 e. The molecular weight excluding hydrogens is 330 g/mol. The van der Waals surface area contributed by atoms with Crippen molar-refractivity contribution < 1.29 is 4.74 Å². The number of nitrogens with zero attached hydrogens (tertiary/aromatic N) is 2. The van der Waals surface area contributed by atoms with Gasteiger partial charge in [0.2, 0.25) is 0 Å². The zero-order chi connectivity index (χ0) is 14.5. The number of fused-ring (bicyclic) bond motifs is 1. The van der Waals surface area contributed by atoms with E-state index in [1.54, 1.807) is 0 Å². The highest BCUT2D eigenvalue weighted by molar-refractivity contribution is 9.10. The number of benzene rings is 1. The molecule has 2 aromatic rings. The normalized spacial score (nSPS) is 13.2. The number of aryl methyl sites for hydroxylation is 1. The Labute approximate surface area is 133 Å². The summed E-state index contributed by atoms with van der Waals surface area (Å²) < 4.78 is 9.00. The third-order valence-corrected chi connectivity index (χ3v) is 4.18. The summed E-state index contributed by atoms with van der Waals surface area (Å²) in [7, 11) is 0. The van der Waals surface area contributed by atoms with Crippen molar-refractivity contribution >= 4 is 15.9 Å². The minimum atomic E-state index is 0.809. The first-order valence-corrected chi connectivity index (χ1v) is 8.23. The Morgan fingerprint density at radius 1 is 1.33 bits per heavy atom. The molecule has 5 heteroatoms. The molecule has 1 aromatic carbocycles. The summed E-state index contributed by atoms with van der Waals surface area (Å²) in [6.07, 6.45) is 9.05. The van der Waals surface area contributed by atoms with E-state index in [-0.39, 0.29) is 0 Å². The van der Waals surface area contributed by atoms with E-state index in [1.165, 1.54) is 11.1 Å². The predicted octanol–water partition coefficient (Wildman–Crippen LogP) is 3.15. The quantitative estimate of drug-likeness (QED) is 0.780. The van der Waals surface area contributed by atoms with Crippen molar-refractivity contribution in [3.05, 3.63) is 46.5 Å². The first kappa shape index (κ1) is 14.6. The highest BCUT2D eigenvalue weighted by Gasteiger charge is 2.16. The molecule has 1 aliphatic heterocycles. The Hall–Kier alpha value is -1.33. The van der Waals surface area contributed by atoms with Crippen LogP contribution in [0, 0.1) is 0 Å². The number of rotatable bonds is 7. The average Bonchev–Trinajstić information content (AvgIpc) is 3.13. The van der Waals surface area contributed by atoms with Gasteiger partial charge in [-0.1, -0.05) is 15.9 Å². The Morgan fingerprint density at radius 3 is 3.14 bits per heavy atom. The Bertz CT molecular complexity index is 583. The lowest BCUT2D eigenvalue weighted by Crippen LogP contribution is -2.15. The standard InChI is InChI=1S/C16H20BrN3O/c17-15-9-13-3-8-21-16(13)14(10-15)11-18-4-1-2-6-20-7-5-19-12-20/h5,7,9-10,12,18H,1-4,6,8,11H2. The monoisotopic (exact) mass is 349 g/mol. The fourth-order valence-electron chi connectivity index (χ4n) is 2.66. The lowest BCUT2D eigenvalue weighted by atomic mass is 10.1. The molecule has 3 rings (SSSR count). The lowest BCUT2D eigenvalue weighted by Gasteiger charge is -2.10. The van der Waals surface area contributed by atoms with E-state index in [0.29, 0.717) is 0 Å². The van der Waals surface area contributed by atoms with Crippen LogP contribution in [-0.2, 0) is 19.5 Å². The van der Waals surface area contributed by atoms with Crippen LogP contribution in [0.15, 0.2) is 35.3 Å². The first-order valence-electron chi connectivity index (χ1n) is 7.43. The molecule has 0 aliphatic carbocycles. The highest BCUT2D eigenvalue weighted by atomic mass is 79.9. The fourth-order valence-corrected chi connectivity index (χ4v) is 3.22. The number of hydrogen-bond donors (Lipinski definition) is 1. The van der Waals surface area contributed by atoms with Crippen molar-refractivity contribution in [2.45, 2.75) is 32.4 Å². The molecule has 0 spiro atoms. The SMILES string of the molecule is Brc1cc2c(c(CNCCCCn3ccnc3)c1)OCC2. The molecule has 1 N–H and O–H groups in total. The lowest BCUT2D eigenvalue weighted by molar-refractivity contribution is 0.352. The maximum atomic E-state index is 5.74. The van der Waals surface area contributed by atoms with Gasteiger partial charge in [0.1, 0.15) is 5.75 Å². The van der Waals surface area contributed by atoms with E-state index in [9.17, 15) is 0 Å². The molecule has 0 fully saturated rings. The van der Waals surface area contributed by atoms with Crippen molar-refractivity contribution in [2.75, 3.05) is 13.2 Å². The second-order valence-corrected chi connectivity index (χ2v) is 6.25. The van der Waals surface area contributed by atoms with E-state index < -0.39 is 0 Å². The third-order valence-electron chi connectivity index (χ3n) is 3.72. The van der Waals surface area contributed by atoms with Crippen molar-refractivity contribution in [1.29, 1.82) is 0 Å². The van der Waals surface area contributed by atoms with Crippen LogP contribution in [0.25, 0.3) is 0 Å². The fraction of sp³-hybridized carbons (Fsp3) is 0.438. The summed E-state index contributed by atoms with van der Waals surface area (Å²) in [4.78, 5) is 4.05. The van der Waals surface area contributed by atoms with E-state index in [2.05, 4.69) is 42.9 Å². The molecule has 1 aliphatic rings. The number of hydrogen-bond acceptors (Lipinski definition) is 3. The van der Waals surface area contributed by atoms with Gasteiger partial charge in [-0.05, 0) is 37.1 Å². The molecule has 112 valence electrons. The second-order valence-electron chi connectivity index (χ2n) is 5.34. The van der Waals surface area contributed by atoms with Gasteiger partial charge in [0.05, 0.1) is 12.9 Å². The molecule has 0 unspecified atom stereocenters. The number of imidazole rings is 1. The molecule has 1 aromatic heterocycles. The van der Waals surface area contributed by atoms with Gasteiger partial charge in [0.15, 0.2) is 0 Å². The van der Waals surface area contributed by atoms with Crippen LogP contribution >= 0.6 is 15.9 Å². The van der Waals surface area contributed by atoms with Crippen LogP contribution in [0.1, 0.15) is 24.0 Å². The summed E-state index contributed by atoms with van der Waals surface area (Å²) in [5.74, 6) is 1.09. The van der Waals surface area contributed by atoms with Gasteiger partial charge >= 0.3 is 0 Å². The van der Waals surface area contributed by atoms with Crippen LogP contribution in [0.3, 0.4) is 0 Å². The van der Waals surface area contributed by atoms with Crippen LogP contribution in [0.5, 0.6) is 5.75 Å². The molecule has 0 atom stereocenters. The molecule has 0 saturated heterocycles.